The molecule has 0 aliphatic carbocycles. The van der Waals surface area contributed by atoms with E-state index in [-0.39, 0.29) is 0 Å². The standard InChI is InChI=1S/C14H20.C13H20.2C2H6/c1-11(2)9-10-13-7-5-6-8-14(13)12(3)4;1-10(2)9-12-7-5-6-8-13(12)11(3)4;2*1-2/h5-12H,1-4H3;5-8,10-11H,9H2,1-4H3;2*1-2H3/b10-9-;;;. The molecule has 0 amide bonds. The molecule has 0 atom stereocenters. The van der Waals surface area contributed by atoms with Crippen LogP contribution >= 0.6 is 0 Å². The zero-order valence-electron chi connectivity index (χ0n) is 22.8. The SMILES string of the molecule is CC.CC.CC(C)/C=C\c1ccccc1C(C)C.CC(C)Cc1ccccc1C(C)C. The highest BCUT2D eigenvalue weighted by Gasteiger charge is 2.06. The Balaban J connectivity index is 0. The Morgan fingerprint density at radius 2 is 1.06 bits per heavy atom. The van der Waals surface area contributed by atoms with Gasteiger partial charge in [0.05, 0.1) is 0 Å². The minimum atomic E-state index is 0.600. The van der Waals surface area contributed by atoms with Crippen molar-refractivity contribution in [1.82, 2.24) is 0 Å². The molecule has 0 aromatic heterocycles. The van der Waals surface area contributed by atoms with Crippen LogP contribution in [0.15, 0.2) is 54.6 Å². The normalized spacial score (nSPS) is 10.5. The lowest BCUT2D eigenvalue weighted by Gasteiger charge is -2.13. The molecule has 0 spiro atoms. The Hall–Kier alpha value is -1.82. The van der Waals surface area contributed by atoms with Crippen molar-refractivity contribution >= 4 is 6.08 Å². The van der Waals surface area contributed by atoms with Gasteiger partial charge in [-0.15, -0.1) is 0 Å². The maximum Gasteiger partial charge on any atom is -0.0213 e. The molecule has 2 aromatic rings. The smallest absolute Gasteiger partial charge is 0.0213 e. The molecule has 0 N–H and O–H groups in total. The summed E-state index contributed by atoms with van der Waals surface area (Å²) in [7, 11) is 0. The van der Waals surface area contributed by atoms with Crippen molar-refractivity contribution in [3.8, 4) is 0 Å². The molecular formula is C31H52. The molecule has 0 saturated carbocycles. The van der Waals surface area contributed by atoms with Crippen molar-refractivity contribution < 1.29 is 0 Å². The first-order chi connectivity index (χ1) is 14.7. The molecule has 2 aromatic carbocycles. The summed E-state index contributed by atoms with van der Waals surface area (Å²) >= 11 is 0. The van der Waals surface area contributed by atoms with Crippen molar-refractivity contribution in [2.45, 2.75) is 101 Å². The average molecular weight is 425 g/mol. The van der Waals surface area contributed by atoms with Gasteiger partial charge in [0.2, 0.25) is 0 Å². The van der Waals surface area contributed by atoms with Crippen LogP contribution in [0, 0.1) is 11.8 Å². The Morgan fingerprint density at radius 3 is 1.52 bits per heavy atom. The third-order valence-electron chi connectivity index (χ3n) is 4.58. The highest BCUT2D eigenvalue weighted by molar-refractivity contribution is 5.54. The second-order valence-corrected chi connectivity index (χ2v) is 8.84. The first kappa shape index (κ1) is 31.4. The van der Waals surface area contributed by atoms with Gasteiger partial charge in [-0.2, -0.15) is 0 Å². The van der Waals surface area contributed by atoms with E-state index in [1.165, 1.54) is 28.7 Å². The van der Waals surface area contributed by atoms with Crippen LogP contribution in [0.1, 0.15) is 117 Å². The van der Waals surface area contributed by atoms with E-state index in [0.717, 1.165) is 5.92 Å². The van der Waals surface area contributed by atoms with Crippen LogP contribution in [0.4, 0.5) is 0 Å². The largest absolute Gasteiger partial charge is 0.0814 e. The van der Waals surface area contributed by atoms with Gasteiger partial charge in [-0.3, -0.25) is 0 Å². The summed E-state index contributed by atoms with van der Waals surface area (Å²) < 4.78 is 0. The maximum absolute atomic E-state index is 2.27. The van der Waals surface area contributed by atoms with Crippen molar-refractivity contribution in [2.24, 2.45) is 11.8 Å². The number of allylic oxidation sites excluding steroid dienone is 1. The third-order valence-corrected chi connectivity index (χ3v) is 4.58. The van der Waals surface area contributed by atoms with Crippen LogP contribution in [-0.2, 0) is 6.42 Å². The van der Waals surface area contributed by atoms with Gasteiger partial charge in [-0.1, -0.05) is 144 Å². The van der Waals surface area contributed by atoms with Crippen LogP contribution in [0.5, 0.6) is 0 Å². The van der Waals surface area contributed by atoms with Gasteiger partial charge in [0, 0.05) is 0 Å². The summed E-state index contributed by atoms with van der Waals surface area (Å²) in [6.45, 7) is 26.0. The summed E-state index contributed by atoms with van der Waals surface area (Å²) in [5.41, 5.74) is 5.82. The van der Waals surface area contributed by atoms with Gasteiger partial charge in [-0.05, 0) is 52.3 Å². The fourth-order valence-electron chi connectivity index (χ4n) is 3.21. The molecule has 0 aliphatic heterocycles. The van der Waals surface area contributed by atoms with Crippen molar-refractivity contribution in [1.29, 1.82) is 0 Å². The highest BCUT2D eigenvalue weighted by Crippen LogP contribution is 2.22. The summed E-state index contributed by atoms with van der Waals surface area (Å²) in [6.07, 6.45) is 5.69. The summed E-state index contributed by atoms with van der Waals surface area (Å²) in [4.78, 5) is 0. The lowest BCUT2D eigenvalue weighted by molar-refractivity contribution is 0.638. The fraction of sp³-hybridized carbons (Fsp3) is 0.548. The molecule has 176 valence electrons. The first-order valence-electron chi connectivity index (χ1n) is 12.6. The Bertz CT molecular complexity index is 687. The van der Waals surface area contributed by atoms with Crippen molar-refractivity contribution in [3.05, 3.63) is 76.9 Å². The molecule has 0 radical (unpaired) electrons. The molecule has 0 aliphatic rings. The van der Waals surface area contributed by atoms with Gasteiger partial charge in [0.25, 0.3) is 0 Å². The van der Waals surface area contributed by atoms with E-state index in [4.69, 9.17) is 0 Å². The Morgan fingerprint density at radius 1 is 0.613 bits per heavy atom. The van der Waals surface area contributed by atoms with Gasteiger partial charge in [0.15, 0.2) is 0 Å². The second kappa shape index (κ2) is 18.9. The molecule has 0 heteroatoms. The molecule has 0 heterocycles. The second-order valence-electron chi connectivity index (χ2n) is 8.84. The Labute approximate surface area is 196 Å². The molecule has 0 fully saturated rings. The molecule has 0 nitrogen and oxygen atoms in total. The molecule has 0 unspecified atom stereocenters. The van der Waals surface area contributed by atoms with E-state index in [0.29, 0.717) is 17.8 Å². The number of benzene rings is 2. The quantitative estimate of drug-likeness (QED) is 0.432. The molecule has 0 saturated heterocycles. The average Bonchev–Trinajstić information content (AvgIpc) is 2.75. The minimum Gasteiger partial charge on any atom is -0.0814 e. The van der Waals surface area contributed by atoms with Crippen LogP contribution in [-0.4, -0.2) is 0 Å². The summed E-state index contributed by atoms with van der Waals surface area (Å²) in [5, 5.41) is 0. The summed E-state index contributed by atoms with van der Waals surface area (Å²) in [5.74, 6) is 2.62. The van der Waals surface area contributed by atoms with E-state index in [1.807, 2.05) is 27.7 Å². The van der Waals surface area contributed by atoms with Gasteiger partial charge in [0.1, 0.15) is 0 Å². The lowest BCUT2D eigenvalue weighted by Crippen LogP contribution is -2.00. The minimum absolute atomic E-state index is 0.600. The van der Waals surface area contributed by atoms with Crippen molar-refractivity contribution in [2.75, 3.05) is 0 Å². The third kappa shape index (κ3) is 14.0. The number of hydrogen-bond donors (Lipinski definition) is 0. The van der Waals surface area contributed by atoms with Gasteiger partial charge < -0.3 is 0 Å². The van der Waals surface area contributed by atoms with E-state index in [1.54, 1.807) is 0 Å². The van der Waals surface area contributed by atoms with Gasteiger partial charge in [-0.25, -0.2) is 0 Å². The number of rotatable bonds is 6. The molecular weight excluding hydrogens is 372 g/mol. The van der Waals surface area contributed by atoms with E-state index in [9.17, 15) is 0 Å². The zero-order valence-corrected chi connectivity index (χ0v) is 22.8. The maximum atomic E-state index is 2.27. The van der Waals surface area contributed by atoms with E-state index >= 15 is 0 Å². The number of hydrogen-bond acceptors (Lipinski definition) is 0. The Kier molecular flexibility index (Phi) is 19.1. The molecule has 31 heavy (non-hydrogen) atoms. The monoisotopic (exact) mass is 424 g/mol. The molecule has 0 bridgehead atoms. The van der Waals surface area contributed by atoms with E-state index < -0.39 is 0 Å². The van der Waals surface area contributed by atoms with E-state index in [2.05, 4.69) is 116 Å². The molecule has 2 rings (SSSR count). The predicted octanol–water partition coefficient (Wildman–Crippen LogP) is 10.5. The highest BCUT2D eigenvalue weighted by atomic mass is 14.1. The van der Waals surface area contributed by atoms with Crippen LogP contribution in [0.3, 0.4) is 0 Å². The predicted molar refractivity (Wildman–Crippen MR) is 146 cm³/mol. The fourth-order valence-corrected chi connectivity index (χ4v) is 3.21. The van der Waals surface area contributed by atoms with Crippen LogP contribution in [0.25, 0.3) is 6.08 Å². The first-order valence-corrected chi connectivity index (χ1v) is 12.6. The summed E-state index contributed by atoms with van der Waals surface area (Å²) in [6, 6.07) is 17.4. The van der Waals surface area contributed by atoms with Gasteiger partial charge >= 0.3 is 0 Å². The van der Waals surface area contributed by atoms with Crippen LogP contribution in [0.2, 0.25) is 0 Å². The zero-order chi connectivity index (χ0) is 24.4. The lowest BCUT2D eigenvalue weighted by atomic mass is 9.92. The van der Waals surface area contributed by atoms with Crippen LogP contribution < -0.4 is 0 Å². The topological polar surface area (TPSA) is 0 Å². The van der Waals surface area contributed by atoms with Crippen molar-refractivity contribution in [3.63, 3.8) is 0 Å².